The molecular formula is C44H52F3N7O7. The van der Waals surface area contributed by atoms with Crippen LogP contribution >= 0.6 is 0 Å². The number of carbonyl (C=O) groups excluding carboxylic acids is 3. The fourth-order valence-electron chi connectivity index (χ4n) is 8.02. The molecule has 5 aromatic rings. The summed E-state index contributed by atoms with van der Waals surface area (Å²) in [5, 5.41) is 4.31. The standard InChI is InChI=1S/C44H52F3N7O7/c1-23(2)37(52-41(56)59-8)40(55)53(18-24(3)44(45,46)47)20-36-48-17-33(49-36)27-9-11-29-28(14-27)22-60-35-16-30-26(15-31(29)35)10-12-32-38(30)51-39(50-32)34-13-25(21-58-7)19-54(34)42(57)61-43(4,5)6/h9-12,14-17,23-25,34,37H,13,18-22H2,1-8H3,(H,48,49)(H,50,51)(H,52,56)/t24-,25-,34-,37-/m0/s1. The number of fused-ring (bicyclic) bond motifs is 6. The van der Waals surface area contributed by atoms with E-state index in [1.807, 2.05) is 57.2 Å². The Labute approximate surface area is 351 Å². The minimum atomic E-state index is -4.54. The Morgan fingerprint density at radius 1 is 1.03 bits per heavy atom. The van der Waals surface area contributed by atoms with Crippen LogP contribution in [0.4, 0.5) is 22.8 Å². The largest absolute Gasteiger partial charge is 0.488 e. The molecule has 14 nitrogen and oxygen atoms in total. The monoisotopic (exact) mass is 847 g/mol. The number of carbonyl (C=O) groups is 3. The van der Waals surface area contributed by atoms with Crippen molar-refractivity contribution in [2.75, 3.05) is 33.9 Å². The number of ether oxygens (including phenoxy) is 4. The van der Waals surface area contributed by atoms with Crippen LogP contribution in [0.5, 0.6) is 5.75 Å². The minimum Gasteiger partial charge on any atom is -0.488 e. The molecule has 4 atom stereocenters. The molecule has 0 spiro atoms. The molecule has 2 aliphatic heterocycles. The molecule has 0 aliphatic carbocycles. The van der Waals surface area contributed by atoms with Crippen LogP contribution in [0.15, 0.2) is 48.7 Å². The van der Waals surface area contributed by atoms with Gasteiger partial charge in [0.05, 0.1) is 55.1 Å². The van der Waals surface area contributed by atoms with Crippen LogP contribution in [-0.4, -0.2) is 99.6 Å². The van der Waals surface area contributed by atoms with E-state index in [0.717, 1.165) is 63.0 Å². The first-order valence-corrected chi connectivity index (χ1v) is 20.3. The Bertz CT molecular complexity index is 2440. The number of nitrogens with zero attached hydrogens (tertiary/aromatic N) is 4. The number of alkyl carbamates (subject to hydrolysis) is 1. The number of amides is 3. The summed E-state index contributed by atoms with van der Waals surface area (Å²) in [5.74, 6) is -1.17. The number of imidazole rings is 2. The maximum atomic E-state index is 13.7. The van der Waals surface area contributed by atoms with E-state index in [-0.39, 0.29) is 30.9 Å². The van der Waals surface area contributed by atoms with Crippen LogP contribution in [-0.2, 0) is 32.2 Å². The molecule has 7 rings (SSSR count). The van der Waals surface area contributed by atoms with Gasteiger partial charge in [-0.05, 0) is 79.5 Å². The van der Waals surface area contributed by atoms with E-state index in [2.05, 4.69) is 31.1 Å². The number of aromatic nitrogens is 4. The SMILES string of the molecule is COC[C@H]1C[C@@H](c2nc3c(ccc4cc5c(cc43)OCc3cc(-c4cnc(CN(C[C@H](C)C(F)(F)F)C(=O)[C@@H](NC(=O)OC)C(C)C)[nH]4)ccc3-5)[nH]2)N(C(=O)OC(C)(C)C)C1. The number of H-pyrrole nitrogens is 2. The normalized spacial score (nSPS) is 17.5. The van der Waals surface area contributed by atoms with Gasteiger partial charge in [-0.3, -0.25) is 9.69 Å². The van der Waals surface area contributed by atoms with Crippen molar-refractivity contribution in [1.29, 1.82) is 0 Å². The number of benzene rings is 3. The number of likely N-dealkylation sites (tertiary alicyclic amines) is 1. The lowest BCUT2D eigenvalue weighted by molar-refractivity contribution is -0.176. The second kappa shape index (κ2) is 16.9. The van der Waals surface area contributed by atoms with Crippen molar-refractivity contribution in [2.24, 2.45) is 17.8 Å². The van der Waals surface area contributed by atoms with E-state index in [1.54, 1.807) is 32.1 Å². The lowest BCUT2D eigenvalue weighted by Gasteiger charge is -2.31. The average molecular weight is 848 g/mol. The Kier molecular flexibility index (Phi) is 12.0. The average Bonchev–Trinajstić information content (AvgIpc) is 3.96. The summed E-state index contributed by atoms with van der Waals surface area (Å²) in [6.07, 6.45) is -3.55. The van der Waals surface area contributed by atoms with Gasteiger partial charge >= 0.3 is 18.4 Å². The summed E-state index contributed by atoms with van der Waals surface area (Å²) in [6.45, 7) is 10.3. The lowest BCUT2D eigenvalue weighted by Crippen LogP contribution is -2.52. The van der Waals surface area contributed by atoms with Gasteiger partial charge in [0, 0.05) is 37.1 Å². The van der Waals surface area contributed by atoms with Crippen LogP contribution in [0.2, 0.25) is 0 Å². The Hall–Kier alpha value is -5.84. The van der Waals surface area contributed by atoms with Gasteiger partial charge in [-0.1, -0.05) is 39.0 Å². The predicted octanol–water partition coefficient (Wildman–Crippen LogP) is 8.52. The molecule has 326 valence electrons. The van der Waals surface area contributed by atoms with E-state index >= 15 is 0 Å². The quantitative estimate of drug-likeness (QED) is 0.118. The molecule has 2 aromatic heterocycles. The van der Waals surface area contributed by atoms with Gasteiger partial charge < -0.3 is 39.1 Å². The molecule has 4 heterocycles. The van der Waals surface area contributed by atoms with E-state index < -0.39 is 54.3 Å². The zero-order valence-electron chi connectivity index (χ0n) is 35.5. The second-order valence-electron chi connectivity index (χ2n) is 17.3. The first-order chi connectivity index (χ1) is 28.8. The molecule has 3 N–H and O–H groups in total. The van der Waals surface area contributed by atoms with Crippen molar-refractivity contribution < 1.29 is 46.5 Å². The molecule has 1 saturated heterocycles. The third kappa shape index (κ3) is 9.26. The number of hydrogen-bond donors (Lipinski definition) is 3. The molecular weight excluding hydrogens is 796 g/mol. The maximum absolute atomic E-state index is 13.7. The van der Waals surface area contributed by atoms with Gasteiger partial charge in [-0.15, -0.1) is 0 Å². The van der Waals surface area contributed by atoms with E-state index in [4.69, 9.17) is 19.2 Å². The highest BCUT2D eigenvalue weighted by Gasteiger charge is 2.41. The van der Waals surface area contributed by atoms with Gasteiger partial charge in [0.2, 0.25) is 5.91 Å². The Balaban J connectivity index is 1.14. The van der Waals surface area contributed by atoms with E-state index in [9.17, 15) is 27.6 Å². The number of rotatable bonds is 11. The van der Waals surface area contributed by atoms with Gasteiger partial charge in [0.1, 0.15) is 35.6 Å². The molecule has 61 heavy (non-hydrogen) atoms. The summed E-state index contributed by atoms with van der Waals surface area (Å²) < 4.78 is 63.3. The molecule has 3 amide bonds. The minimum absolute atomic E-state index is 0.131. The van der Waals surface area contributed by atoms with Crippen LogP contribution < -0.4 is 10.1 Å². The summed E-state index contributed by atoms with van der Waals surface area (Å²) in [4.78, 5) is 57.9. The third-order valence-corrected chi connectivity index (χ3v) is 11.1. The van der Waals surface area contributed by atoms with Crippen LogP contribution in [0.3, 0.4) is 0 Å². The van der Waals surface area contributed by atoms with Crippen molar-refractivity contribution in [2.45, 2.75) is 85.0 Å². The van der Waals surface area contributed by atoms with E-state index in [1.165, 1.54) is 0 Å². The Morgan fingerprint density at radius 3 is 2.49 bits per heavy atom. The third-order valence-electron chi connectivity index (χ3n) is 11.1. The maximum Gasteiger partial charge on any atom is 0.410 e. The summed E-state index contributed by atoms with van der Waals surface area (Å²) in [7, 11) is 2.80. The summed E-state index contributed by atoms with van der Waals surface area (Å²) >= 11 is 0. The van der Waals surface area contributed by atoms with Crippen LogP contribution in [0.1, 0.15) is 71.2 Å². The van der Waals surface area contributed by atoms with Gasteiger partial charge in [-0.25, -0.2) is 19.6 Å². The predicted molar refractivity (Wildman–Crippen MR) is 221 cm³/mol. The molecule has 1 fully saturated rings. The van der Waals surface area contributed by atoms with Crippen molar-refractivity contribution in [1.82, 2.24) is 35.1 Å². The van der Waals surface area contributed by atoms with Crippen molar-refractivity contribution in [3.63, 3.8) is 0 Å². The number of methoxy groups -OCH3 is 2. The van der Waals surface area contributed by atoms with Gasteiger partial charge in [0.25, 0.3) is 0 Å². The molecule has 17 heteroatoms. The van der Waals surface area contributed by atoms with Gasteiger partial charge in [-0.2, -0.15) is 13.2 Å². The van der Waals surface area contributed by atoms with Crippen molar-refractivity contribution in [3.05, 3.63) is 65.9 Å². The fourth-order valence-corrected chi connectivity index (χ4v) is 8.02. The molecule has 0 bridgehead atoms. The lowest BCUT2D eigenvalue weighted by atomic mass is 9.92. The highest BCUT2D eigenvalue weighted by Crippen LogP contribution is 2.43. The highest BCUT2D eigenvalue weighted by atomic mass is 19.4. The number of alkyl halides is 3. The topological polar surface area (TPSA) is 164 Å². The number of halogens is 3. The first kappa shape index (κ1) is 43.3. The summed E-state index contributed by atoms with van der Waals surface area (Å²) in [6, 6.07) is 12.6. The second-order valence-corrected chi connectivity index (χ2v) is 17.3. The fraction of sp³-hybridized carbons (Fsp3) is 0.477. The highest BCUT2D eigenvalue weighted by molar-refractivity contribution is 6.07. The van der Waals surface area contributed by atoms with E-state index in [0.29, 0.717) is 36.8 Å². The van der Waals surface area contributed by atoms with Crippen molar-refractivity contribution >= 4 is 39.9 Å². The first-order valence-electron chi connectivity index (χ1n) is 20.3. The number of aromatic amines is 2. The molecule has 2 aliphatic rings. The molecule has 3 aromatic carbocycles. The van der Waals surface area contributed by atoms with Crippen molar-refractivity contribution in [3.8, 4) is 28.1 Å². The molecule has 0 unspecified atom stereocenters. The molecule has 0 radical (unpaired) electrons. The zero-order valence-corrected chi connectivity index (χ0v) is 35.5. The summed E-state index contributed by atoms with van der Waals surface area (Å²) in [5.41, 5.74) is 5.13. The smallest absolute Gasteiger partial charge is 0.410 e. The van der Waals surface area contributed by atoms with Crippen LogP contribution in [0.25, 0.3) is 44.2 Å². The molecule has 0 saturated carbocycles. The Morgan fingerprint density at radius 2 is 1.80 bits per heavy atom. The zero-order chi connectivity index (χ0) is 44.0. The number of nitrogens with one attached hydrogen (secondary N) is 3. The van der Waals surface area contributed by atoms with Gasteiger partial charge in [0.15, 0.2) is 0 Å². The number of hydrogen-bond acceptors (Lipinski definition) is 9. The van der Waals surface area contributed by atoms with Crippen LogP contribution in [0, 0.1) is 17.8 Å².